The standard InChI is InChI=1S/C24H31FN4O/c1-3-11-26-17-9-12-29(13-10-17)19-6-4-5-18(14-19)27-24(30)22-15-20-21(25)8-7-16(2)23(20)28-22/h4-8,14,17,22,26,28H,3,9-13,15H2,1-2H3,(H,27,30). The maximum atomic E-state index is 14.1. The maximum absolute atomic E-state index is 14.1. The van der Waals surface area contributed by atoms with E-state index in [1.54, 1.807) is 6.07 Å². The van der Waals surface area contributed by atoms with Crippen LogP contribution >= 0.6 is 0 Å². The molecule has 30 heavy (non-hydrogen) atoms. The van der Waals surface area contributed by atoms with Gasteiger partial charge in [0, 0.05) is 48.2 Å². The first-order chi connectivity index (χ1) is 14.5. The van der Waals surface area contributed by atoms with Crippen LogP contribution in [-0.4, -0.2) is 37.6 Å². The van der Waals surface area contributed by atoms with Crippen LogP contribution in [0.1, 0.15) is 37.3 Å². The Hall–Kier alpha value is -2.60. The first kappa shape index (κ1) is 20.7. The minimum Gasteiger partial charge on any atom is -0.373 e. The van der Waals surface area contributed by atoms with Gasteiger partial charge in [-0.1, -0.05) is 19.1 Å². The summed E-state index contributed by atoms with van der Waals surface area (Å²) in [4.78, 5) is 15.2. The van der Waals surface area contributed by atoms with Crippen molar-refractivity contribution in [1.82, 2.24) is 5.32 Å². The van der Waals surface area contributed by atoms with E-state index in [4.69, 9.17) is 0 Å². The van der Waals surface area contributed by atoms with Gasteiger partial charge in [-0.2, -0.15) is 0 Å². The van der Waals surface area contributed by atoms with Crippen molar-refractivity contribution < 1.29 is 9.18 Å². The van der Waals surface area contributed by atoms with E-state index in [9.17, 15) is 9.18 Å². The second-order valence-corrected chi connectivity index (χ2v) is 8.37. The second kappa shape index (κ2) is 9.04. The van der Waals surface area contributed by atoms with Gasteiger partial charge in [0.05, 0.1) is 0 Å². The zero-order valence-corrected chi connectivity index (χ0v) is 17.8. The smallest absolute Gasteiger partial charge is 0.247 e. The van der Waals surface area contributed by atoms with E-state index < -0.39 is 6.04 Å². The predicted octanol–water partition coefficient (Wildman–Crippen LogP) is 4.08. The lowest BCUT2D eigenvalue weighted by molar-refractivity contribution is -0.116. The van der Waals surface area contributed by atoms with Crippen LogP contribution in [0.2, 0.25) is 0 Å². The van der Waals surface area contributed by atoms with Crippen LogP contribution in [0.3, 0.4) is 0 Å². The van der Waals surface area contributed by atoms with Gasteiger partial charge in [-0.25, -0.2) is 4.39 Å². The van der Waals surface area contributed by atoms with Gasteiger partial charge in [0.1, 0.15) is 11.9 Å². The average Bonchev–Trinajstić information content (AvgIpc) is 3.23. The molecule has 1 saturated heterocycles. The van der Waals surface area contributed by atoms with Gasteiger partial charge >= 0.3 is 0 Å². The number of amides is 1. The van der Waals surface area contributed by atoms with Gasteiger partial charge in [-0.05, 0) is 62.6 Å². The Morgan fingerprint density at radius 2 is 2.03 bits per heavy atom. The number of carbonyl (C=O) groups is 1. The number of carbonyl (C=O) groups excluding carboxylic acids is 1. The molecule has 1 amide bonds. The Morgan fingerprint density at radius 3 is 2.77 bits per heavy atom. The highest BCUT2D eigenvalue weighted by atomic mass is 19.1. The number of hydrogen-bond donors (Lipinski definition) is 3. The summed E-state index contributed by atoms with van der Waals surface area (Å²) >= 11 is 0. The summed E-state index contributed by atoms with van der Waals surface area (Å²) in [7, 11) is 0. The normalized spacial score (nSPS) is 18.8. The van der Waals surface area contributed by atoms with Crippen LogP contribution < -0.4 is 20.9 Å². The summed E-state index contributed by atoms with van der Waals surface area (Å²) in [5, 5.41) is 9.81. The number of aryl methyl sites for hydroxylation is 1. The van der Waals surface area contributed by atoms with Crippen LogP contribution in [0.4, 0.5) is 21.5 Å². The van der Waals surface area contributed by atoms with Crippen molar-refractivity contribution in [2.75, 3.05) is 35.2 Å². The Balaban J connectivity index is 1.37. The number of nitrogens with one attached hydrogen (secondary N) is 3. The summed E-state index contributed by atoms with van der Waals surface area (Å²) in [5.74, 6) is -0.387. The fourth-order valence-corrected chi connectivity index (χ4v) is 4.43. The molecule has 2 heterocycles. The number of rotatable bonds is 6. The van der Waals surface area contributed by atoms with Crippen molar-refractivity contribution in [3.8, 4) is 0 Å². The van der Waals surface area contributed by atoms with Crippen molar-refractivity contribution >= 4 is 23.0 Å². The lowest BCUT2D eigenvalue weighted by Gasteiger charge is -2.34. The molecule has 3 N–H and O–H groups in total. The average molecular weight is 411 g/mol. The summed E-state index contributed by atoms with van der Waals surface area (Å²) in [6, 6.07) is 11.4. The van der Waals surface area contributed by atoms with Gasteiger partial charge < -0.3 is 20.9 Å². The number of halogens is 1. The third-order valence-corrected chi connectivity index (χ3v) is 6.16. The molecule has 0 saturated carbocycles. The molecule has 1 fully saturated rings. The van der Waals surface area contributed by atoms with Gasteiger partial charge in [0.15, 0.2) is 0 Å². The minimum atomic E-state index is -0.459. The zero-order valence-electron chi connectivity index (χ0n) is 17.8. The molecule has 0 aromatic heterocycles. The monoisotopic (exact) mass is 410 g/mol. The van der Waals surface area contributed by atoms with Gasteiger partial charge in [-0.3, -0.25) is 4.79 Å². The molecule has 2 aromatic rings. The third-order valence-electron chi connectivity index (χ3n) is 6.16. The van der Waals surface area contributed by atoms with E-state index in [-0.39, 0.29) is 11.7 Å². The predicted molar refractivity (Wildman–Crippen MR) is 121 cm³/mol. The van der Waals surface area contributed by atoms with Gasteiger partial charge in [0.25, 0.3) is 0 Å². The van der Waals surface area contributed by atoms with Crippen LogP contribution in [-0.2, 0) is 11.2 Å². The minimum absolute atomic E-state index is 0.135. The molecule has 4 rings (SSSR count). The molecule has 5 nitrogen and oxygen atoms in total. The lowest BCUT2D eigenvalue weighted by Crippen LogP contribution is -2.42. The molecular weight excluding hydrogens is 379 g/mol. The Kier molecular flexibility index (Phi) is 6.23. The van der Waals surface area contributed by atoms with E-state index >= 15 is 0 Å². The quantitative estimate of drug-likeness (QED) is 0.672. The fourth-order valence-electron chi connectivity index (χ4n) is 4.43. The number of nitrogens with zero attached hydrogens (tertiary/aromatic N) is 1. The molecule has 1 atom stereocenters. The molecule has 0 radical (unpaired) electrons. The summed E-state index contributed by atoms with van der Waals surface area (Å²) in [6.07, 6.45) is 3.79. The second-order valence-electron chi connectivity index (χ2n) is 8.37. The largest absolute Gasteiger partial charge is 0.373 e. The number of benzene rings is 2. The molecule has 6 heteroatoms. The molecular formula is C24H31FN4O. The highest BCUT2D eigenvalue weighted by molar-refractivity contribution is 5.98. The number of hydrogen-bond acceptors (Lipinski definition) is 4. The molecule has 0 bridgehead atoms. The van der Waals surface area contributed by atoms with Crippen molar-refractivity contribution in [1.29, 1.82) is 0 Å². The van der Waals surface area contributed by atoms with Crippen molar-refractivity contribution in [3.63, 3.8) is 0 Å². The molecule has 0 aliphatic carbocycles. The summed E-state index contributed by atoms with van der Waals surface area (Å²) in [5.41, 5.74) is 4.22. The first-order valence-electron chi connectivity index (χ1n) is 11.0. The Labute approximate surface area is 178 Å². The SMILES string of the molecule is CCCNC1CCN(c2cccc(NC(=O)C3Cc4c(F)ccc(C)c4N3)c2)CC1. The van der Waals surface area contributed by atoms with E-state index in [1.165, 1.54) is 6.07 Å². The number of fused-ring (bicyclic) bond motifs is 1. The lowest BCUT2D eigenvalue weighted by atomic mass is 10.0. The molecule has 1 unspecified atom stereocenters. The van der Waals surface area contributed by atoms with Crippen LogP contribution in [0.5, 0.6) is 0 Å². The first-order valence-corrected chi connectivity index (χ1v) is 11.0. The zero-order chi connectivity index (χ0) is 21.1. The fraction of sp³-hybridized carbons (Fsp3) is 0.458. The molecule has 160 valence electrons. The number of anilines is 3. The summed E-state index contributed by atoms with van der Waals surface area (Å²) in [6.45, 7) is 7.22. The third kappa shape index (κ3) is 4.43. The highest BCUT2D eigenvalue weighted by Gasteiger charge is 2.30. The number of piperidine rings is 1. The van der Waals surface area contributed by atoms with E-state index in [0.717, 1.165) is 61.5 Å². The topological polar surface area (TPSA) is 56.4 Å². The maximum Gasteiger partial charge on any atom is 0.247 e. The van der Waals surface area contributed by atoms with Gasteiger partial charge in [0.2, 0.25) is 5.91 Å². The van der Waals surface area contributed by atoms with Crippen molar-refractivity contribution in [3.05, 3.63) is 53.3 Å². The van der Waals surface area contributed by atoms with E-state index in [0.29, 0.717) is 18.0 Å². The van der Waals surface area contributed by atoms with E-state index in [2.05, 4.69) is 33.8 Å². The molecule has 0 spiro atoms. The van der Waals surface area contributed by atoms with Crippen molar-refractivity contribution in [2.24, 2.45) is 0 Å². The summed E-state index contributed by atoms with van der Waals surface area (Å²) < 4.78 is 14.1. The van der Waals surface area contributed by atoms with Crippen LogP contribution in [0.25, 0.3) is 0 Å². The Bertz CT molecular complexity index is 877. The van der Waals surface area contributed by atoms with Crippen molar-refractivity contribution in [2.45, 2.75) is 51.6 Å². The highest BCUT2D eigenvalue weighted by Crippen LogP contribution is 2.32. The van der Waals surface area contributed by atoms with Gasteiger partial charge in [-0.15, -0.1) is 0 Å². The van der Waals surface area contributed by atoms with Crippen LogP contribution in [0.15, 0.2) is 36.4 Å². The molecule has 2 aliphatic heterocycles. The van der Waals surface area contributed by atoms with Crippen LogP contribution in [0, 0.1) is 12.7 Å². The molecule has 2 aliphatic rings. The Morgan fingerprint density at radius 1 is 1.23 bits per heavy atom. The molecule has 2 aromatic carbocycles. The van der Waals surface area contributed by atoms with E-state index in [1.807, 2.05) is 25.1 Å².